The lowest BCUT2D eigenvalue weighted by Crippen LogP contribution is -2.40. The molecule has 5 nitrogen and oxygen atoms in total. The van der Waals surface area contributed by atoms with Crippen LogP contribution in [0, 0.1) is 0 Å². The van der Waals surface area contributed by atoms with Gasteiger partial charge in [0.1, 0.15) is 0 Å². The summed E-state index contributed by atoms with van der Waals surface area (Å²) in [4.78, 5) is 13.2. The number of carbonyl (C=O) groups excluding carboxylic acids is 1. The highest BCUT2D eigenvalue weighted by Crippen LogP contribution is 2.23. The Labute approximate surface area is 82.5 Å². The number of nitrogens with zero attached hydrogens (tertiary/aromatic N) is 3. The summed E-state index contributed by atoms with van der Waals surface area (Å²) in [5.74, 6) is 0.688. The highest BCUT2D eigenvalue weighted by atomic mass is 16.2. The fourth-order valence-electron chi connectivity index (χ4n) is 1.77. The second-order valence-electron chi connectivity index (χ2n) is 3.69. The maximum atomic E-state index is 11.7. The summed E-state index contributed by atoms with van der Waals surface area (Å²) in [5.41, 5.74) is 6.81. The Morgan fingerprint density at radius 2 is 2.29 bits per heavy atom. The first kappa shape index (κ1) is 9.21. The minimum atomic E-state index is -0.389. The van der Waals surface area contributed by atoms with Gasteiger partial charge in [-0.2, -0.15) is 5.10 Å². The molecule has 0 radical (unpaired) electrons. The van der Waals surface area contributed by atoms with Crippen molar-refractivity contribution in [3.05, 3.63) is 11.8 Å². The maximum absolute atomic E-state index is 11.7. The van der Waals surface area contributed by atoms with E-state index in [1.807, 2.05) is 13.2 Å². The number of carbonyl (C=O) groups is 1. The molecule has 0 fully saturated rings. The van der Waals surface area contributed by atoms with Crippen LogP contribution in [-0.2, 0) is 18.3 Å². The van der Waals surface area contributed by atoms with Gasteiger partial charge in [0.05, 0.1) is 6.04 Å². The SMILES string of the molecule is CN1C(=O)C(N)CCc2cn(C)nc21. The Kier molecular flexibility index (Phi) is 2.03. The van der Waals surface area contributed by atoms with Gasteiger partial charge in [-0.1, -0.05) is 0 Å². The van der Waals surface area contributed by atoms with Crippen LogP contribution in [0.3, 0.4) is 0 Å². The highest BCUT2D eigenvalue weighted by molar-refractivity contribution is 5.96. The first-order valence-corrected chi connectivity index (χ1v) is 4.65. The molecular weight excluding hydrogens is 180 g/mol. The largest absolute Gasteiger partial charge is 0.320 e. The maximum Gasteiger partial charge on any atom is 0.244 e. The van der Waals surface area contributed by atoms with E-state index in [-0.39, 0.29) is 11.9 Å². The predicted octanol–water partition coefficient (Wildman–Crippen LogP) is -0.344. The third kappa shape index (κ3) is 1.29. The van der Waals surface area contributed by atoms with E-state index < -0.39 is 0 Å². The molecule has 0 aliphatic carbocycles. The molecule has 1 unspecified atom stereocenters. The van der Waals surface area contributed by atoms with Crippen molar-refractivity contribution in [1.82, 2.24) is 9.78 Å². The molecule has 2 rings (SSSR count). The van der Waals surface area contributed by atoms with Crippen molar-refractivity contribution in [2.75, 3.05) is 11.9 Å². The second kappa shape index (κ2) is 3.09. The van der Waals surface area contributed by atoms with Gasteiger partial charge in [0, 0.05) is 25.9 Å². The summed E-state index contributed by atoms with van der Waals surface area (Å²) in [7, 11) is 3.58. The number of aromatic nitrogens is 2. The topological polar surface area (TPSA) is 64.2 Å². The van der Waals surface area contributed by atoms with Gasteiger partial charge >= 0.3 is 0 Å². The molecule has 5 heteroatoms. The van der Waals surface area contributed by atoms with Crippen LogP contribution < -0.4 is 10.6 Å². The molecule has 1 aliphatic rings. The number of fused-ring (bicyclic) bond motifs is 1. The van der Waals surface area contributed by atoms with Crippen LogP contribution in [0.25, 0.3) is 0 Å². The van der Waals surface area contributed by atoms with E-state index in [4.69, 9.17) is 5.73 Å². The number of hydrogen-bond acceptors (Lipinski definition) is 3. The molecule has 0 saturated heterocycles. The number of likely N-dealkylation sites (N-methyl/N-ethyl adjacent to an activating group) is 1. The molecule has 1 aliphatic heterocycles. The molecule has 0 bridgehead atoms. The monoisotopic (exact) mass is 194 g/mol. The van der Waals surface area contributed by atoms with Crippen molar-refractivity contribution in [2.24, 2.45) is 12.8 Å². The Hall–Kier alpha value is -1.36. The van der Waals surface area contributed by atoms with Gasteiger partial charge < -0.3 is 5.73 Å². The number of aryl methyl sites for hydroxylation is 2. The summed E-state index contributed by atoms with van der Waals surface area (Å²) >= 11 is 0. The van der Waals surface area contributed by atoms with Crippen molar-refractivity contribution >= 4 is 11.7 Å². The lowest BCUT2D eigenvalue weighted by Gasteiger charge is -2.15. The van der Waals surface area contributed by atoms with Gasteiger partial charge in [-0.3, -0.25) is 14.4 Å². The van der Waals surface area contributed by atoms with E-state index >= 15 is 0 Å². The van der Waals surface area contributed by atoms with Crippen LogP contribution in [-0.4, -0.2) is 28.8 Å². The third-order valence-corrected chi connectivity index (χ3v) is 2.57. The summed E-state index contributed by atoms with van der Waals surface area (Å²) in [5, 5.41) is 4.24. The van der Waals surface area contributed by atoms with Gasteiger partial charge in [-0.05, 0) is 12.8 Å². The van der Waals surface area contributed by atoms with Gasteiger partial charge in [0.15, 0.2) is 5.82 Å². The molecule has 2 heterocycles. The molecule has 0 spiro atoms. The van der Waals surface area contributed by atoms with E-state index in [0.29, 0.717) is 6.42 Å². The zero-order valence-electron chi connectivity index (χ0n) is 8.40. The number of amides is 1. The normalized spacial score (nSPS) is 22.1. The minimum absolute atomic E-state index is 0.0533. The van der Waals surface area contributed by atoms with Crippen LogP contribution in [0.5, 0.6) is 0 Å². The third-order valence-electron chi connectivity index (χ3n) is 2.57. The molecule has 1 amide bonds. The van der Waals surface area contributed by atoms with Gasteiger partial charge in [0.2, 0.25) is 5.91 Å². The summed E-state index contributed by atoms with van der Waals surface area (Å²) in [6, 6.07) is -0.389. The summed E-state index contributed by atoms with van der Waals surface area (Å²) < 4.78 is 1.73. The average molecular weight is 194 g/mol. The zero-order chi connectivity index (χ0) is 10.3. The Morgan fingerprint density at radius 3 is 3.00 bits per heavy atom. The van der Waals surface area contributed by atoms with E-state index in [0.717, 1.165) is 17.8 Å². The molecule has 0 aromatic carbocycles. The minimum Gasteiger partial charge on any atom is -0.320 e. The number of nitrogens with two attached hydrogens (primary N) is 1. The van der Waals surface area contributed by atoms with Crippen LogP contribution in [0.2, 0.25) is 0 Å². The summed E-state index contributed by atoms with van der Waals surface area (Å²) in [6.07, 6.45) is 3.46. The van der Waals surface area contributed by atoms with Crippen LogP contribution in [0.1, 0.15) is 12.0 Å². The van der Waals surface area contributed by atoms with E-state index in [2.05, 4.69) is 5.10 Å². The molecular formula is C9H14N4O. The van der Waals surface area contributed by atoms with Crippen molar-refractivity contribution in [3.63, 3.8) is 0 Å². The van der Waals surface area contributed by atoms with Gasteiger partial charge in [-0.15, -0.1) is 0 Å². The van der Waals surface area contributed by atoms with E-state index in [9.17, 15) is 4.79 Å². The van der Waals surface area contributed by atoms with Crippen molar-refractivity contribution in [2.45, 2.75) is 18.9 Å². The van der Waals surface area contributed by atoms with Crippen LogP contribution in [0.4, 0.5) is 5.82 Å². The average Bonchev–Trinajstić information content (AvgIpc) is 2.49. The van der Waals surface area contributed by atoms with E-state index in [1.165, 1.54) is 0 Å². The number of rotatable bonds is 0. The van der Waals surface area contributed by atoms with Crippen molar-refractivity contribution in [1.29, 1.82) is 0 Å². The Morgan fingerprint density at radius 1 is 1.57 bits per heavy atom. The van der Waals surface area contributed by atoms with Crippen LogP contribution >= 0.6 is 0 Å². The molecule has 1 atom stereocenters. The molecule has 0 saturated carbocycles. The standard InChI is InChI=1S/C9H14N4O/c1-12-5-6-3-4-7(10)9(14)13(2)8(6)11-12/h5,7H,3-4,10H2,1-2H3. The number of anilines is 1. The zero-order valence-corrected chi connectivity index (χ0v) is 8.40. The van der Waals surface area contributed by atoms with Crippen molar-refractivity contribution < 1.29 is 4.79 Å². The molecule has 76 valence electrons. The van der Waals surface area contributed by atoms with Crippen LogP contribution in [0.15, 0.2) is 6.20 Å². The first-order valence-electron chi connectivity index (χ1n) is 4.65. The lowest BCUT2D eigenvalue weighted by molar-refractivity contribution is -0.119. The second-order valence-corrected chi connectivity index (χ2v) is 3.69. The van der Waals surface area contributed by atoms with Gasteiger partial charge in [0.25, 0.3) is 0 Å². The predicted molar refractivity (Wildman–Crippen MR) is 52.9 cm³/mol. The molecule has 14 heavy (non-hydrogen) atoms. The number of hydrogen-bond donors (Lipinski definition) is 1. The quantitative estimate of drug-likeness (QED) is 0.614. The highest BCUT2D eigenvalue weighted by Gasteiger charge is 2.27. The fourth-order valence-corrected chi connectivity index (χ4v) is 1.77. The molecule has 2 N–H and O–H groups in total. The Bertz CT molecular complexity index is 371. The first-order chi connectivity index (χ1) is 6.59. The fraction of sp³-hybridized carbons (Fsp3) is 0.556. The smallest absolute Gasteiger partial charge is 0.244 e. The Balaban J connectivity index is 2.43. The van der Waals surface area contributed by atoms with Gasteiger partial charge in [-0.25, -0.2) is 0 Å². The molecule has 1 aromatic rings. The molecule has 1 aromatic heterocycles. The lowest BCUT2D eigenvalue weighted by atomic mass is 10.1. The summed E-state index contributed by atoms with van der Waals surface area (Å²) in [6.45, 7) is 0. The van der Waals surface area contributed by atoms with E-state index in [1.54, 1.807) is 16.6 Å². The van der Waals surface area contributed by atoms with Crippen molar-refractivity contribution in [3.8, 4) is 0 Å².